The summed E-state index contributed by atoms with van der Waals surface area (Å²) >= 11 is 0. The normalized spacial score (nSPS) is 24.1. The lowest BCUT2D eigenvalue weighted by molar-refractivity contribution is -0.117. The van der Waals surface area contributed by atoms with E-state index in [0.717, 1.165) is 36.6 Å². The Morgan fingerprint density at radius 3 is 2.67 bits per heavy atom. The van der Waals surface area contributed by atoms with Crippen LogP contribution in [0.25, 0.3) is 0 Å². The minimum atomic E-state index is -0.260. The first-order chi connectivity index (χ1) is 12.9. The first-order valence-electron chi connectivity index (χ1n) is 9.24. The average molecular weight is 370 g/mol. The van der Waals surface area contributed by atoms with E-state index >= 15 is 0 Å². The number of amides is 1. The van der Waals surface area contributed by atoms with Crippen LogP contribution in [-0.2, 0) is 11.2 Å². The number of carbonyl (C=O) groups is 1. The summed E-state index contributed by atoms with van der Waals surface area (Å²) in [7, 11) is 1.88. The van der Waals surface area contributed by atoms with Crippen molar-refractivity contribution < 1.29 is 13.9 Å². The van der Waals surface area contributed by atoms with Gasteiger partial charge in [-0.1, -0.05) is 0 Å². The van der Waals surface area contributed by atoms with Gasteiger partial charge in [-0.2, -0.15) is 0 Å². The number of fused-ring (bicyclic) bond motifs is 1. The van der Waals surface area contributed by atoms with Gasteiger partial charge in [0.2, 0.25) is 5.91 Å². The molecule has 0 saturated heterocycles. The molecule has 2 aromatic rings. The van der Waals surface area contributed by atoms with Gasteiger partial charge in [-0.05, 0) is 56.9 Å². The molecule has 1 N–H and O–H groups in total. The minimum absolute atomic E-state index is 0.0378. The second-order valence-corrected chi connectivity index (χ2v) is 7.44. The van der Waals surface area contributed by atoms with Crippen molar-refractivity contribution in [3.63, 3.8) is 0 Å². The molecule has 1 aliphatic heterocycles. The fraction of sp³-hybridized carbons (Fsp3) is 0.450. The number of nitrogens with one attached hydrogen (secondary N) is 1. The van der Waals surface area contributed by atoms with Crippen molar-refractivity contribution in [2.75, 3.05) is 17.3 Å². The number of rotatable bonds is 4. The van der Waals surface area contributed by atoms with Crippen molar-refractivity contribution in [1.82, 2.24) is 9.97 Å². The summed E-state index contributed by atoms with van der Waals surface area (Å²) in [6.45, 7) is 3.76. The maximum absolute atomic E-state index is 13.0. The van der Waals surface area contributed by atoms with Gasteiger partial charge in [0.25, 0.3) is 0 Å². The van der Waals surface area contributed by atoms with Crippen molar-refractivity contribution in [1.29, 1.82) is 0 Å². The predicted molar refractivity (Wildman–Crippen MR) is 101 cm³/mol. The number of hydrogen-bond donors (Lipinski definition) is 1. The van der Waals surface area contributed by atoms with Crippen LogP contribution in [0.2, 0.25) is 0 Å². The lowest BCUT2D eigenvalue weighted by Gasteiger charge is -2.36. The highest BCUT2D eigenvalue weighted by molar-refractivity contribution is 6.02. The van der Waals surface area contributed by atoms with Gasteiger partial charge in [-0.25, -0.2) is 14.4 Å². The highest BCUT2D eigenvalue weighted by Gasteiger charge is 2.34. The van der Waals surface area contributed by atoms with Crippen LogP contribution in [0.15, 0.2) is 24.3 Å². The van der Waals surface area contributed by atoms with Gasteiger partial charge in [0.05, 0.1) is 11.8 Å². The van der Waals surface area contributed by atoms with Crippen molar-refractivity contribution in [2.24, 2.45) is 5.92 Å². The van der Waals surface area contributed by atoms with Crippen LogP contribution in [0, 0.1) is 18.7 Å². The number of benzene rings is 1. The van der Waals surface area contributed by atoms with E-state index in [4.69, 9.17) is 9.72 Å². The Morgan fingerprint density at radius 2 is 1.96 bits per heavy atom. The topological polar surface area (TPSA) is 67.4 Å². The van der Waals surface area contributed by atoms with E-state index in [2.05, 4.69) is 10.3 Å². The lowest BCUT2D eigenvalue weighted by atomic mass is 9.80. The van der Waals surface area contributed by atoms with Crippen LogP contribution in [0.5, 0.6) is 5.75 Å². The van der Waals surface area contributed by atoms with Crippen molar-refractivity contribution in [3.05, 3.63) is 41.6 Å². The number of nitrogens with zero attached hydrogens (tertiary/aromatic N) is 3. The summed E-state index contributed by atoms with van der Waals surface area (Å²) < 4.78 is 18.8. The molecule has 27 heavy (non-hydrogen) atoms. The number of ether oxygens (including phenoxy) is 1. The van der Waals surface area contributed by atoms with Crippen LogP contribution in [-0.4, -0.2) is 35.1 Å². The Kier molecular flexibility index (Phi) is 4.45. The zero-order valence-corrected chi connectivity index (χ0v) is 15.7. The summed E-state index contributed by atoms with van der Waals surface area (Å²) in [6, 6.07) is 5.88. The molecule has 1 fully saturated rings. The summed E-state index contributed by atoms with van der Waals surface area (Å²) in [6.07, 6.45) is 2.80. The molecular formula is C20H23FN4O2. The van der Waals surface area contributed by atoms with E-state index in [0.29, 0.717) is 17.4 Å². The fourth-order valence-corrected chi connectivity index (χ4v) is 3.60. The third-order valence-electron chi connectivity index (χ3n) is 5.44. The molecule has 6 nitrogen and oxygen atoms in total. The van der Waals surface area contributed by atoms with Crippen molar-refractivity contribution >= 4 is 17.4 Å². The van der Waals surface area contributed by atoms with Gasteiger partial charge in [0, 0.05) is 13.5 Å². The molecule has 0 bridgehead atoms. The standard InChI is InChI=1S/C20H23FN4O2/c1-11-18-19(25(3)12(2)20(26)24-18)23-17(22-11)10-13-8-16(9-13)27-15-6-4-14(21)5-7-15/h4-7,12-13,16H,8-10H2,1-3H3,(H,24,26)/t12-,13?,16?/m0/s1. The Bertz CT molecular complexity index is 865. The summed E-state index contributed by atoms with van der Waals surface area (Å²) in [5.74, 6) is 2.45. The number of anilines is 2. The van der Waals surface area contributed by atoms with Gasteiger partial charge in [0.15, 0.2) is 5.82 Å². The molecule has 1 atom stereocenters. The second-order valence-electron chi connectivity index (χ2n) is 7.44. The highest BCUT2D eigenvalue weighted by atomic mass is 19.1. The van der Waals surface area contributed by atoms with E-state index in [1.165, 1.54) is 12.1 Å². The minimum Gasteiger partial charge on any atom is -0.490 e. The van der Waals surface area contributed by atoms with Crippen LogP contribution in [0.1, 0.15) is 31.3 Å². The van der Waals surface area contributed by atoms with Crippen LogP contribution in [0.3, 0.4) is 0 Å². The molecule has 4 rings (SSSR count). The Balaban J connectivity index is 1.39. The first kappa shape index (κ1) is 17.7. The number of aromatic nitrogens is 2. The number of carbonyl (C=O) groups excluding carboxylic acids is 1. The van der Waals surface area contributed by atoms with Crippen LogP contribution >= 0.6 is 0 Å². The highest BCUT2D eigenvalue weighted by Crippen LogP contribution is 2.35. The third kappa shape index (κ3) is 3.46. The van der Waals surface area contributed by atoms with Crippen LogP contribution in [0.4, 0.5) is 15.9 Å². The van der Waals surface area contributed by atoms with Gasteiger partial charge in [0.1, 0.15) is 29.1 Å². The number of likely N-dealkylation sites (N-methyl/N-ethyl adjacent to an activating group) is 1. The molecular weight excluding hydrogens is 347 g/mol. The molecule has 7 heteroatoms. The van der Waals surface area contributed by atoms with Crippen LogP contribution < -0.4 is 15.0 Å². The molecule has 1 aliphatic carbocycles. The third-order valence-corrected chi connectivity index (χ3v) is 5.44. The van der Waals surface area contributed by atoms with Gasteiger partial charge in [-0.3, -0.25) is 4.79 Å². The molecule has 0 spiro atoms. The van der Waals surface area contributed by atoms with E-state index in [9.17, 15) is 9.18 Å². The van der Waals surface area contributed by atoms with Gasteiger partial charge in [-0.15, -0.1) is 0 Å². The van der Waals surface area contributed by atoms with Crippen molar-refractivity contribution in [3.8, 4) is 5.75 Å². The van der Waals surface area contributed by atoms with E-state index in [-0.39, 0.29) is 23.9 Å². The monoisotopic (exact) mass is 370 g/mol. The fourth-order valence-electron chi connectivity index (χ4n) is 3.60. The molecule has 0 radical (unpaired) electrons. The Labute approximate surface area is 157 Å². The molecule has 1 amide bonds. The average Bonchev–Trinajstić information content (AvgIpc) is 2.61. The Morgan fingerprint density at radius 1 is 1.26 bits per heavy atom. The molecule has 1 aromatic heterocycles. The van der Waals surface area contributed by atoms with E-state index in [1.54, 1.807) is 12.1 Å². The second kappa shape index (κ2) is 6.79. The van der Waals surface area contributed by atoms with Crippen molar-refractivity contribution in [2.45, 2.75) is 45.3 Å². The number of aryl methyl sites for hydroxylation is 1. The Hall–Kier alpha value is -2.70. The summed E-state index contributed by atoms with van der Waals surface area (Å²) in [5, 5.41) is 2.90. The van der Waals surface area contributed by atoms with Gasteiger partial charge < -0.3 is 15.0 Å². The molecule has 0 unspecified atom stereocenters. The zero-order valence-electron chi connectivity index (χ0n) is 15.7. The van der Waals surface area contributed by atoms with E-state index < -0.39 is 0 Å². The zero-order chi connectivity index (χ0) is 19.1. The summed E-state index contributed by atoms with van der Waals surface area (Å²) in [4.78, 5) is 23.2. The number of halogens is 1. The van der Waals surface area contributed by atoms with Gasteiger partial charge >= 0.3 is 0 Å². The SMILES string of the molecule is Cc1nc(CC2CC(Oc3ccc(F)cc3)C2)nc2c1NC(=O)[C@H](C)N2C. The maximum Gasteiger partial charge on any atom is 0.246 e. The number of hydrogen-bond acceptors (Lipinski definition) is 5. The lowest BCUT2D eigenvalue weighted by Crippen LogP contribution is -2.45. The quantitative estimate of drug-likeness (QED) is 0.896. The summed E-state index contributed by atoms with van der Waals surface area (Å²) in [5.41, 5.74) is 1.50. The molecule has 1 saturated carbocycles. The largest absolute Gasteiger partial charge is 0.490 e. The molecule has 142 valence electrons. The maximum atomic E-state index is 13.0. The molecule has 1 aromatic carbocycles. The molecule has 2 aliphatic rings. The first-order valence-corrected chi connectivity index (χ1v) is 9.24. The predicted octanol–water partition coefficient (Wildman–Crippen LogP) is 3.10. The molecule has 2 heterocycles. The smallest absolute Gasteiger partial charge is 0.246 e. The van der Waals surface area contributed by atoms with E-state index in [1.807, 2.05) is 25.8 Å².